The van der Waals surface area contributed by atoms with Gasteiger partial charge in [0, 0.05) is 6.26 Å². The summed E-state index contributed by atoms with van der Waals surface area (Å²) in [6.07, 6.45) is 0.905. The summed E-state index contributed by atoms with van der Waals surface area (Å²) >= 11 is 0. The van der Waals surface area contributed by atoms with E-state index in [0.717, 1.165) is 6.26 Å². The van der Waals surface area contributed by atoms with Crippen molar-refractivity contribution in [2.24, 2.45) is 0 Å². The maximum Gasteiger partial charge on any atom is 0.258 e. The molecule has 0 spiro atoms. The summed E-state index contributed by atoms with van der Waals surface area (Å²) in [7, 11) is -3.31. The fourth-order valence-electron chi connectivity index (χ4n) is 0.270. The molecule has 0 saturated carbocycles. The second kappa shape index (κ2) is 2.79. The highest BCUT2D eigenvalue weighted by molar-refractivity contribution is 7.91. The molecule has 54 valence electrons. The number of sulfone groups is 1. The summed E-state index contributed by atoms with van der Waals surface area (Å²) in [4.78, 5) is 10.1. The Balaban J connectivity index is 3.91. The van der Waals surface area contributed by atoms with Gasteiger partial charge in [-0.3, -0.25) is 10.0 Å². The van der Waals surface area contributed by atoms with E-state index >= 15 is 0 Å². The molecule has 0 heterocycles. The number of hydrogen-bond acceptors (Lipinski definition) is 4. The molecule has 0 aromatic rings. The van der Waals surface area contributed by atoms with E-state index in [1.165, 1.54) is 5.48 Å². The van der Waals surface area contributed by atoms with Crippen molar-refractivity contribution in [3.05, 3.63) is 0 Å². The van der Waals surface area contributed by atoms with E-state index in [9.17, 15) is 13.2 Å². The zero-order valence-electron chi connectivity index (χ0n) is 4.79. The average molecular weight is 153 g/mol. The Hall–Kier alpha value is -0.620. The topological polar surface area (TPSA) is 83.5 Å². The van der Waals surface area contributed by atoms with Gasteiger partial charge in [-0.1, -0.05) is 0 Å². The first kappa shape index (κ1) is 8.38. The molecule has 0 aliphatic carbocycles. The van der Waals surface area contributed by atoms with Crippen molar-refractivity contribution < 1.29 is 18.4 Å². The molecule has 1 amide bonds. The highest BCUT2D eigenvalue weighted by Crippen LogP contribution is 1.79. The van der Waals surface area contributed by atoms with E-state index in [1.54, 1.807) is 0 Å². The standard InChI is InChI=1S/C3H7NO4S/c1-9(7,8)2-3(5)4-6/h6H,2H2,1H3,(H,4,5). The molecular formula is C3H7NO4S. The molecule has 5 nitrogen and oxygen atoms in total. The van der Waals surface area contributed by atoms with E-state index in [0.29, 0.717) is 0 Å². The monoisotopic (exact) mass is 153 g/mol. The molecule has 0 radical (unpaired) electrons. The highest BCUT2D eigenvalue weighted by atomic mass is 32.2. The van der Waals surface area contributed by atoms with Gasteiger partial charge in [0.2, 0.25) is 0 Å². The zero-order valence-corrected chi connectivity index (χ0v) is 5.60. The highest BCUT2D eigenvalue weighted by Gasteiger charge is 2.08. The second-order valence-corrected chi connectivity index (χ2v) is 3.75. The van der Waals surface area contributed by atoms with Crippen LogP contribution in [-0.2, 0) is 14.6 Å². The Morgan fingerprint density at radius 2 is 2.11 bits per heavy atom. The molecule has 2 N–H and O–H groups in total. The van der Waals surface area contributed by atoms with Gasteiger partial charge in [-0.25, -0.2) is 13.9 Å². The molecular weight excluding hydrogens is 146 g/mol. The number of hydrogen-bond donors (Lipinski definition) is 2. The first-order valence-electron chi connectivity index (χ1n) is 2.06. The minimum atomic E-state index is -3.31. The Labute approximate surface area is 52.6 Å². The number of rotatable bonds is 2. The Kier molecular flexibility index (Phi) is 2.60. The van der Waals surface area contributed by atoms with Crippen molar-refractivity contribution in [1.82, 2.24) is 5.48 Å². The lowest BCUT2D eigenvalue weighted by molar-refractivity contribution is -0.126. The van der Waals surface area contributed by atoms with Crippen LogP contribution in [-0.4, -0.2) is 31.5 Å². The third-order valence-corrected chi connectivity index (χ3v) is 1.30. The van der Waals surface area contributed by atoms with Gasteiger partial charge in [0.1, 0.15) is 5.75 Å². The summed E-state index contributed by atoms with van der Waals surface area (Å²) in [6.45, 7) is 0. The minimum Gasteiger partial charge on any atom is -0.289 e. The van der Waals surface area contributed by atoms with Crippen LogP contribution in [0.4, 0.5) is 0 Å². The van der Waals surface area contributed by atoms with E-state index in [2.05, 4.69) is 0 Å². The van der Waals surface area contributed by atoms with Crippen LogP contribution in [0.5, 0.6) is 0 Å². The summed E-state index contributed by atoms with van der Waals surface area (Å²) in [5.74, 6) is -1.60. The predicted octanol–water partition coefficient (Wildman–Crippen LogP) is -1.46. The van der Waals surface area contributed by atoms with Gasteiger partial charge in [-0.05, 0) is 0 Å². The van der Waals surface area contributed by atoms with Crippen molar-refractivity contribution in [2.75, 3.05) is 12.0 Å². The van der Waals surface area contributed by atoms with Gasteiger partial charge in [0.05, 0.1) is 0 Å². The van der Waals surface area contributed by atoms with Crippen LogP contribution in [0.3, 0.4) is 0 Å². The van der Waals surface area contributed by atoms with E-state index in [1.807, 2.05) is 0 Å². The number of carbonyl (C=O) groups is 1. The molecule has 0 aromatic heterocycles. The normalized spacial score (nSPS) is 10.9. The van der Waals surface area contributed by atoms with Crippen molar-refractivity contribution in [1.29, 1.82) is 0 Å². The molecule has 0 aromatic carbocycles. The Morgan fingerprint density at radius 1 is 1.67 bits per heavy atom. The van der Waals surface area contributed by atoms with Gasteiger partial charge in [0.15, 0.2) is 9.84 Å². The predicted molar refractivity (Wildman–Crippen MR) is 29.6 cm³/mol. The SMILES string of the molecule is CS(=O)(=O)CC(=O)NO. The summed E-state index contributed by atoms with van der Waals surface area (Å²) in [5, 5.41) is 7.83. The lowest BCUT2D eigenvalue weighted by Crippen LogP contribution is -2.26. The lowest BCUT2D eigenvalue weighted by Gasteiger charge is -1.93. The van der Waals surface area contributed by atoms with Crippen LogP contribution >= 0.6 is 0 Å². The molecule has 0 saturated heterocycles. The quantitative estimate of drug-likeness (QED) is 0.375. The van der Waals surface area contributed by atoms with Gasteiger partial charge in [-0.15, -0.1) is 0 Å². The van der Waals surface area contributed by atoms with E-state index < -0.39 is 21.5 Å². The largest absolute Gasteiger partial charge is 0.289 e. The third-order valence-electron chi connectivity index (χ3n) is 0.518. The minimum absolute atomic E-state index is 0.677. The molecule has 0 aliphatic heterocycles. The summed E-state index contributed by atoms with van der Waals surface area (Å²) < 4.78 is 20.5. The summed E-state index contributed by atoms with van der Waals surface area (Å²) in [6, 6.07) is 0. The van der Waals surface area contributed by atoms with Gasteiger partial charge < -0.3 is 0 Å². The van der Waals surface area contributed by atoms with Gasteiger partial charge in [0.25, 0.3) is 5.91 Å². The number of amides is 1. The molecule has 0 aliphatic rings. The smallest absolute Gasteiger partial charge is 0.258 e. The molecule has 9 heavy (non-hydrogen) atoms. The van der Waals surface area contributed by atoms with Crippen LogP contribution < -0.4 is 5.48 Å². The van der Waals surface area contributed by atoms with Crippen LogP contribution in [0, 0.1) is 0 Å². The second-order valence-electron chi connectivity index (χ2n) is 1.61. The molecule has 0 rings (SSSR count). The maximum absolute atomic E-state index is 10.2. The fourth-order valence-corrected chi connectivity index (χ4v) is 0.811. The number of hydroxylamine groups is 1. The number of carbonyl (C=O) groups excluding carboxylic acids is 1. The third kappa shape index (κ3) is 5.25. The van der Waals surface area contributed by atoms with Gasteiger partial charge in [-0.2, -0.15) is 0 Å². The van der Waals surface area contributed by atoms with E-state index in [4.69, 9.17) is 5.21 Å². The molecule has 0 unspecified atom stereocenters. The van der Waals surface area contributed by atoms with Crippen molar-refractivity contribution in [3.63, 3.8) is 0 Å². The summed E-state index contributed by atoms with van der Waals surface area (Å²) in [5.41, 5.74) is 1.20. The Bertz CT molecular complexity index is 194. The van der Waals surface area contributed by atoms with Crippen molar-refractivity contribution in [3.8, 4) is 0 Å². The van der Waals surface area contributed by atoms with Crippen LogP contribution in [0.2, 0.25) is 0 Å². The van der Waals surface area contributed by atoms with Crippen LogP contribution in [0.25, 0.3) is 0 Å². The molecule has 0 bridgehead atoms. The van der Waals surface area contributed by atoms with Crippen molar-refractivity contribution in [2.45, 2.75) is 0 Å². The van der Waals surface area contributed by atoms with Crippen molar-refractivity contribution >= 4 is 15.7 Å². The Morgan fingerprint density at radius 3 is 2.22 bits per heavy atom. The lowest BCUT2D eigenvalue weighted by atomic mass is 10.8. The first-order chi connectivity index (χ1) is 3.95. The van der Waals surface area contributed by atoms with E-state index in [-0.39, 0.29) is 0 Å². The molecule has 0 fully saturated rings. The fraction of sp³-hybridized carbons (Fsp3) is 0.667. The zero-order chi connectivity index (χ0) is 7.49. The van der Waals surface area contributed by atoms with Crippen LogP contribution in [0.1, 0.15) is 0 Å². The maximum atomic E-state index is 10.2. The van der Waals surface area contributed by atoms with Crippen LogP contribution in [0.15, 0.2) is 0 Å². The number of nitrogens with one attached hydrogen (secondary N) is 1. The molecule has 6 heteroatoms. The van der Waals surface area contributed by atoms with Gasteiger partial charge >= 0.3 is 0 Å². The average Bonchev–Trinajstić information content (AvgIpc) is 1.62. The molecule has 0 atom stereocenters. The first-order valence-corrected chi connectivity index (χ1v) is 4.12.